The van der Waals surface area contributed by atoms with E-state index in [0.29, 0.717) is 0 Å². The molecule has 2 nitrogen and oxygen atoms in total. The first-order valence-electron chi connectivity index (χ1n) is 15.6. The molecule has 0 radical (unpaired) electrons. The SMILES string of the molecule is Cc1ccc(N(c2ccc3oc4ccccc4c3c2)c2cc3c4ccccc4ccc3c3ccccc23)cc1Sc1ccccc1. The van der Waals surface area contributed by atoms with E-state index in [0.717, 1.165) is 39.0 Å². The van der Waals surface area contributed by atoms with Crippen LogP contribution in [-0.4, -0.2) is 0 Å². The molecule has 0 aliphatic carbocycles. The zero-order chi connectivity index (χ0) is 30.6. The van der Waals surface area contributed by atoms with E-state index in [9.17, 15) is 0 Å². The number of fused-ring (bicyclic) bond motifs is 8. The molecular weight excluding hydrogens is 579 g/mol. The van der Waals surface area contributed by atoms with Gasteiger partial charge in [0, 0.05) is 37.3 Å². The zero-order valence-corrected chi connectivity index (χ0v) is 26.1. The third-order valence-electron chi connectivity index (χ3n) is 9.01. The van der Waals surface area contributed by atoms with Crippen LogP contribution in [0.5, 0.6) is 0 Å². The van der Waals surface area contributed by atoms with Gasteiger partial charge >= 0.3 is 0 Å². The van der Waals surface area contributed by atoms with Crippen LogP contribution < -0.4 is 4.90 Å². The van der Waals surface area contributed by atoms with Gasteiger partial charge in [-0.2, -0.15) is 0 Å². The maximum absolute atomic E-state index is 6.25. The van der Waals surface area contributed by atoms with Gasteiger partial charge in [0.2, 0.25) is 0 Å². The molecule has 0 fully saturated rings. The van der Waals surface area contributed by atoms with Gasteiger partial charge in [-0.15, -0.1) is 0 Å². The van der Waals surface area contributed by atoms with Gasteiger partial charge in [0.15, 0.2) is 0 Å². The van der Waals surface area contributed by atoms with E-state index < -0.39 is 0 Å². The molecule has 0 saturated carbocycles. The number of hydrogen-bond acceptors (Lipinski definition) is 3. The maximum Gasteiger partial charge on any atom is 0.135 e. The summed E-state index contributed by atoms with van der Waals surface area (Å²) in [5.41, 5.74) is 6.39. The van der Waals surface area contributed by atoms with Crippen LogP contribution in [0.15, 0.2) is 172 Å². The summed E-state index contributed by atoms with van der Waals surface area (Å²) in [6.07, 6.45) is 0. The Labute approximate surface area is 271 Å². The Morgan fingerprint density at radius 1 is 0.457 bits per heavy atom. The lowest BCUT2D eigenvalue weighted by atomic mass is 9.95. The Kier molecular flexibility index (Phi) is 6.32. The van der Waals surface area contributed by atoms with E-state index in [1.807, 2.05) is 23.9 Å². The van der Waals surface area contributed by atoms with Crippen molar-refractivity contribution in [2.45, 2.75) is 16.7 Å². The molecule has 218 valence electrons. The lowest BCUT2D eigenvalue weighted by Gasteiger charge is -2.28. The Bertz CT molecular complexity index is 2580. The zero-order valence-electron chi connectivity index (χ0n) is 25.3. The van der Waals surface area contributed by atoms with Crippen LogP contribution in [0.1, 0.15) is 5.56 Å². The van der Waals surface area contributed by atoms with Crippen LogP contribution in [0.3, 0.4) is 0 Å². The van der Waals surface area contributed by atoms with E-state index in [-0.39, 0.29) is 0 Å². The van der Waals surface area contributed by atoms with Crippen molar-refractivity contribution in [2.75, 3.05) is 4.90 Å². The number of anilines is 3. The maximum atomic E-state index is 6.25. The van der Waals surface area contributed by atoms with E-state index in [4.69, 9.17) is 4.42 Å². The second-order valence-corrected chi connectivity index (χ2v) is 12.9. The summed E-state index contributed by atoms with van der Waals surface area (Å²) >= 11 is 1.81. The van der Waals surface area contributed by atoms with Gasteiger partial charge in [-0.05, 0) is 94.0 Å². The molecule has 0 N–H and O–H groups in total. The number of furan rings is 1. The molecule has 0 aliphatic heterocycles. The van der Waals surface area contributed by atoms with Crippen molar-refractivity contribution in [3.63, 3.8) is 0 Å². The monoisotopic (exact) mass is 607 g/mol. The summed E-state index contributed by atoms with van der Waals surface area (Å²) < 4.78 is 6.25. The van der Waals surface area contributed by atoms with Crippen LogP contribution >= 0.6 is 11.8 Å². The molecule has 0 spiro atoms. The topological polar surface area (TPSA) is 16.4 Å². The fourth-order valence-electron chi connectivity index (χ4n) is 6.76. The van der Waals surface area contributed by atoms with E-state index in [1.54, 1.807) is 0 Å². The van der Waals surface area contributed by atoms with Crippen LogP contribution in [0.2, 0.25) is 0 Å². The van der Waals surface area contributed by atoms with Crippen molar-refractivity contribution in [1.82, 2.24) is 0 Å². The molecular formula is C43H29NOS. The third-order valence-corrected chi connectivity index (χ3v) is 10.2. The summed E-state index contributed by atoms with van der Waals surface area (Å²) in [5.74, 6) is 0. The lowest BCUT2D eigenvalue weighted by molar-refractivity contribution is 0.669. The molecule has 0 amide bonds. The number of hydrogen-bond donors (Lipinski definition) is 0. The van der Waals surface area contributed by atoms with Gasteiger partial charge in [-0.1, -0.05) is 115 Å². The highest BCUT2D eigenvalue weighted by atomic mass is 32.2. The molecule has 9 rings (SSSR count). The highest BCUT2D eigenvalue weighted by Crippen LogP contribution is 2.46. The smallest absolute Gasteiger partial charge is 0.135 e. The molecule has 3 heteroatoms. The van der Waals surface area contributed by atoms with Crippen molar-refractivity contribution < 1.29 is 4.42 Å². The van der Waals surface area contributed by atoms with Crippen LogP contribution in [0, 0.1) is 6.92 Å². The van der Waals surface area contributed by atoms with Crippen LogP contribution in [-0.2, 0) is 0 Å². The molecule has 9 aromatic rings. The molecule has 0 aliphatic rings. The molecule has 1 aromatic heterocycles. The van der Waals surface area contributed by atoms with Gasteiger partial charge in [0.1, 0.15) is 11.2 Å². The predicted molar refractivity (Wildman–Crippen MR) is 196 cm³/mol. The summed E-state index contributed by atoms with van der Waals surface area (Å²) in [6, 6.07) is 56.8. The molecule has 46 heavy (non-hydrogen) atoms. The first-order valence-corrected chi connectivity index (χ1v) is 16.4. The fraction of sp³-hybridized carbons (Fsp3) is 0.0233. The molecule has 0 bridgehead atoms. The van der Waals surface area contributed by atoms with Crippen molar-refractivity contribution >= 4 is 83.1 Å². The third kappa shape index (κ3) is 4.43. The molecule has 0 atom stereocenters. The summed E-state index contributed by atoms with van der Waals surface area (Å²) in [5, 5.41) is 9.69. The first kappa shape index (κ1) is 26.9. The fourth-order valence-corrected chi connectivity index (χ4v) is 7.72. The molecule has 1 heterocycles. The minimum Gasteiger partial charge on any atom is -0.456 e. The van der Waals surface area contributed by atoms with Crippen LogP contribution in [0.25, 0.3) is 54.3 Å². The van der Waals surface area contributed by atoms with E-state index in [2.05, 4.69) is 157 Å². The van der Waals surface area contributed by atoms with Gasteiger partial charge in [-0.3, -0.25) is 0 Å². The van der Waals surface area contributed by atoms with Crippen LogP contribution in [0.4, 0.5) is 17.1 Å². The normalized spacial score (nSPS) is 11.7. The molecule has 0 saturated heterocycles. The van der Waals surface area contributed by atoms with Gasteiger partial charge < -0.3 is 9.32 Å². The highest BCUT2D eigenvalue weighted by Gasteiger charge is 2.20. The summed E-state index contributed by atoms with van der Waals surface area (Å²) in [7, 11) is 0. The lowest BCUT2D eigenvalue weighted by Crippen LogP contribution is -2.11. The Balaban J connectivity index is 1.35. The second-order valence-electron chi connectivity index (χ2n) is 11.8. The predicted octanol–water partition coefficient (Wildman–Crippen LogP) is 13.0. The molecule has 8 aromatic carbocycles. The van der Waals surface area contributed by atoms with E-state index >= 15 is 0 Å². The number of nitrogens with zero attached hydrogens (tertiary/aromatic N) is 1. The summed E-state index contributed by atoms with van der Waals surface area (Å²) in [4.78, 5) is 4.89. The van der Waals surface area contributed by atoms with Crippen molar-refractivity contribution in [3.8, 4) is 0 Å². The minimum atomic E-state index is 0.892. The minimum absolute atomic E-state index is 0.892. The largest absolute Gasteiger partial charge is 0.456 e. The Morgan fingerprint density at radius 2 is 1.11 bits per heavy atom. The van der Waals surface area contributed by atoms with Gasteiger partial charge in [-0.25, -0.2) is 0 Å². The number of benzene rings is 8. The average Bonchev–Trinajstić information content (AvgIpc) is 3.48. The number of para-hydroxylation sites is 1. The van der Waals surface area contributed by atoms with Gasteiger partial charge in [0.05, 0.1) is 5.69 Å². The Hall–Kier alpha value is -5.51. The highest BCUT2D eigenvalue weighted by molar-refractivity contribution is 7.99. The first-order chi connectivity index (χ1) is 22.7. The second kappa shape index (κ2) is 10.8. The van der Waals surface area contributed by atoms with Crippen molar-refractivity contribution in [2.24, 2.45) is 0 Å². The summed E-state index contributed by atoms with van der Waals surface area (Å²) in [6.45, 7) is 2.20. The number of rotatable bonds is 5. The quantitative estimate of drug-likeness (QED) is 0.181. The number of aryl methyl sites for hydroxylation is 1. The molecule has 0 unspecified atom stereocenters. The van der Waals surface area contributed by atoms with Crippen molar-refractivity contribution in [1.29, 1.82) is 0 Å². The Morgan fingerprint density at radius 3 is 1.98 bits per heavy atom. The van der Waals surface area contributed by atoms with E-state index in [1.165, 1.54) is 47.7 Å². The average molecular weight is 608 g/mol. The van der Waals surface area contributed by atoms with Crippen molar-refractivity contribution in [3.05, 3.63) is 163 Å². The standard InChI is InChI=1S/C43H29NOS/c1-28-19-21-31(26-43(28)46-32-12-3-2-4-13-32)44(30-22-24-42-39(25-30)37-17-9-10-18-41(37)45-42)40-27-38-33-14-6-5-11-29(33)20-23-35(38)34-15-7-8-16-36(34)40/h2-27H,1H3. The van der Waals surface area contributed by atoms with Gasteiger partial charge in [0.25, 0.3) is 0 Å².